The van der Waals surface area contributed by atoms with Crippen LogP contribution in [0.3, 0.4) is 0 Å². The molecule has 1 aromatic heterocycles. The Morgan fingerprint density at radius 3 is 2.65 bits per heavy atom. The molecule has 0 saturated carbocycles. The van der Waals surface area contributed by atoms with Crippen LogP contribution >= 0.6 is 11.3 Å². The number of carbonyl (C=O) groups is 2. The van der Waals surface area contributed by atoms with Crippen LogP contribution in [0.25, 0.3) is 0 Å². The fourth-order valence-electron chi connectivity index (χ4n) is 1.42. The number of nitrogens with two attached hydrogens (primary N) is 1. The van der Waals surface area contributed by atoms with Gasteiger partial charge >= 0.3 is 0 Å². The van der Waals surface area contributed by atoms with E-state index in [-0.39, 0.29) is 17.7 Å². The Morgan fingerprint density at radius 1 is 1.47 bits per heavy atom. The Balaban J connectivity index is 2.55. The van der Waals surface area contributed by atoms with Gasteiger partial charge in [-0.15, -0.1) is 11.3 Å². The predicted octanol–water partition coefficient (Wildman–Crippen LogP) is 0.421. The van der Waals surface area contributed by atoms with Crippen molar-refractivity contribution in [1.82, 2.24) is 10.7 Å². The molecule has 0 spiro atoms. The fraction of sp³-hybridized carbons (Fsp3) is 0.455. The molecule has 5 nitrogen and oxygen atoms in total. The Hall–Kier alpha value is -1.40. The van der Waals surface area contributed by atoms with Crippen molar-refractivity contribution in [2.75, 3.05) is 0 Å². The van der Waals surface area contributed by atoms with Crippen LogP contribution in [0, 0.1) is 5.92 Å². The van der Waals surface area contributed by atoms with Crippen LogP contribution in [0.2, 0.25) is 0 Å². The van der Waals surface area contributed by atoms with Crippen molar-refractivity contribution in [2.45, 2.75) is 26.3 Å². The third kappa shape index (κ3) is 4.16. The molecule has 0 aliphatic carbocycles. The Morgan fingerprint density at radius 2 is 2.18 bits per heavy atom. The lowest BCUT2D eigenvalue weighted by molar-refractivity contribution is -0.129. The van der Waals surface area contributed by atoms with Gasteiger partial charge in [-0.25, -0.2) is 5.84 Å². The van der Waals surface area contributed by atoms with Gasteiger partial charge in [0, 0.05) is 4.88 Å². The molecule has 4 N–H and O–H groups in total. The highest BCUT2D eigenvalue weighted by molar-refractivity contribution is 7.10. The lowest BCUT2D eigenvalue weighted by Gasteiger charge is -2.20. The van der Waals surface area contributed by atoms with Crippen molar-refractivity contribution in [2.24, 2.45) is 11.8 Å². The van der Waals surface area contributed by atoms with E-state index < -0.39 is 6.04 Å². The second-order valence-electron chi connectivity index (χ2n) is 4.05. The summed E-state index contributed by atoms with van der Waals surface area (Å²) in [5.41, 5.74) is 2.06. The monoisotopic (exact) mass is 255 g/mol. The number of carbonyl (C=O) groups excluding carboxylic acids is 2. The van der Waals surface area contributed by atoms with E-state index in [1.807, 2.05) is 31.4 Å². The number of hydrogen-bond donors (Lipinski definition) is 3. The molecule has 0 aliphatic rings. The van der Waals surface area contributed by atoms with E-state index in [4.69, 9.17) is 5.84 Å². The molecule has 2 amide bonds. The van der Waals surface area contributed by atoms with Crippen LogP contribution in [0.1, 0.15) is 18.7 Å². The van der Waals surface area contributed by atoms with Crippen molar-refractivity contribution >= 4 is 23.2 Å². The Bertz CT molecular complexity index is 376. The van der Waals surface area contributed by atoms with Gasteiger partial charge in [-0.05, 0) is 17.4 Å². The summed E-state index contributed by atoms with van der Waals surface area (Å²) in [5, 5.41) is 4.59. The number of hydrogen-bond acceptors (Lipinski definition) is 4. The highest BCUT2D eigenvalue weighted by Crippen LogP contribution is 2.09. The highest BCUT2D eigenvalue weighted by atomic mass is 32.1. The van der Waals surface area contributed by atoms with E-state index >= 15 is 0 Å². The lowest BCUT2D eigenvalue weighted by Crippen LogP contribution is -2.51. The molecule has 0 radical (unpaired) electrons. The number of thiophene rings is 1. The highest BCUT2D eigenvalue weighted by Gasteiger charge is 2.23. The van der Waals surface area contributed by atoms with Gasteiger partial charge in [0.05, 0.1) is 6.42 Å². The minimum absolute atomic E-state index is 0.00849. The van der Waals surface area contributed by atoms with Crippen LogP contribution in [-0.4, -0.2) is 17.9 Å². The SMILES string of the molecule is CC(C)C(NC(=O)Cc1cccs1)C(=O)NN. The standard InChI is InChI=1S/C11H17N3O2S/c1-7(2)10(11(16)14-12)13-9(15)6-8-4-3-5-17-8/h3-5,7,10H,6,12H2,1-2H3,(H,13,15)(H,14,16). The lowest BCUT2D eigenvalue weighted by atomic mass is 10.0. The molecular weight excluding hydrogens is 238 g/mol. The van der Waals surface area contributed by atoms with Crippen molar-refractivity contribution in [1.29, 1.82) is 0 Å². The van der Waals surface area contributed by atoms with Crippen molar-refractivity contribution in [3.05, 3.63) is 22.4 Å². The van der Waals surface area contributed by atoms with Gasteiger partial charge in [-0.2, -0.15) is 0 Å². The number of nitrogens with one attached hydrogen (secondary N) is 2. The summed E-state index contributed by atoms with van der Waals surface area (Å²) in [5.74, 6) is 4.52. The average Bonchev–Trinajstić information content (AvgIpc) is 2.77. The van der Waals surface area contributed by atoms with Gasteiger partial charge < -0.3 is 5.32 Å². The maximum absolute atomic E-state index is 11.7. The van der Waals surface area contributed by atoms with Crippen LogP contribution in [-0.2, 0) is 16.0 Å². The largest absolute Gasteiger partial charge is 0.344 e. The van der Waals surface area contributed by atoms with Gasteiger partial charge in [0.25, 0.3) is 5.91 Å². The first-order valence-corrected chi connectivity index (χ1v) is 6.24. The normalized spacial score (nSPS) is 12.2. The van der Waals surface area contributed by atoms with Gasteiger partial charge in [0.2, 0.25) is 5.91 Å². The number of rotatable bonds is 5. The molecule has 1 rings (SSSR count). The summed E-state index contributed by atoms with van der Waals surface area (Å²) in [6.07, 6.45) is 0.290. The van der Waals surface area contributed by atoms with Gasteiger partial charge in [-0.3, -0.25) is 15.0 Å². The molecular formula is C11H17N3O2S. The first-order valence-electron chi connectivity index (χ1n) is 5.36. The molecule has 17 heavy (non-hydrogen) atoms. The fourth-order valence-corrected chi connectivity index (χ4v) is 2.12. The maximum Gasteiger partial charge on any atom is 0.256 e. The van der Waals surface area contributed by atoms with Crippen molar-refractivity contribution in [3.8, 4) is 0 Å². The van der Waals surface area contributed by atoms with Crippen molar-refractivity contribution < 1.29 is 9.59 Å². The molecule has 1 atom stereocenters. The van der Waals surface area contributed by atoms with E-state index in [1.54, 1.807) is 0 Å². The van der Waals surface area contributed by atoms with E-state index in [2.05, 4.69) is 10.7 Å². The number of amides is 2. The van der Waals surface area contributed by atoms with Gasteiger partial charge in [-0.1, -0.05) is 19.9 Å². The zero-order valence-electron chi connectivity index (χ0n) is 9.90. The molecule has 1 unspecified atom stereocenters. The number of hydrazine groups is 1. The Labute approximate surface area is 104 Å². The summed E-state index contributed by atoms with van der Waals surface area (Å²) in [4.78, 5) is 24.1. The zero-order chi connectivity index (χ0) is 12.8. The molecule has 0 bridgehead atoms. The molecule has 0 aliphatic heterocycles. The second-order valence-corrected chi connectivity index (χ2v) is 5.09. The van der Waals surface area contributed by atoms with Gasteiger partial charge in [0.15, 0.2) is 0 Å². The molecule has 0 saturated heterocycles. The minimum atomic E-state index is -0.590. The second kappa shape index (κ2) is 6.36. The topological polar surface area (TPSA) is 84.2 Å². The predicted molar refractivity (Wildman–Crippen MR) is 67.1 cm³/mol. The molecule has 0 fully saturated rings. The van der Waals surface area contributed by atoms with E-state index in [0.717, 1.165) is 4.88 Å². The minimum Gasteiger partial charge on any atom is -0.344 e. The summed E-state index contributed by atoms with van der Waals surface area (Å²) < 4.78 is 0. The summed E-state index contributed by atoms with van der Waals surface area (Å²) in [6, 6.07) is 3.18. The molecule has 0 aromatic carbocycles. The zero-order valence-corrected chi connectivity index (χ0v) is 10.7. The quantitative estimate of drug-likeness (QED) is 0.405. The van der Waals surface area contributed by atoms with E-state index in [9.17, 15) is 9.59 Å². The molecule has 6 heteroatoms. The van der Waals surface area contributed by atoms with Crippen LogP contribution in [0.5, 0.6) is 0 Å². The van der Waals surface area contributed by atoms with Gasteiger partial charge in [0.1, 0.15) is 6.04 Å². The first-order chi connectivity index (χ1) is 8.04. The summed E-state index contributed by atoms with van der Waals surface area (Å²) in [7, 11) is 0. The third-order valence-corrected chi connectivity index (χ3v) is 3.20. The van der Waals surface area contributed by atoms with E-state index in [0.29, 0.717) is 6.42 Å². The maximum atomic E-state index is 11.7. The molecule has 1 aromatic rings. The molecule has 94 valence electrons. The van der Waals surface area contributed by atoms with Crippen LogP contribution in [0.4, 0.5) is 0 Å². The average molecular weight is 255 g/mol. The van der Waals surface area contributed by atoms with Crippen LogP contribution < -0.4 is 16.6 Å². The van der Waals surface area contributed by atoms with E-state index in [1.165, 1.54) is 11.3 Å². The Kier molecular flexibility index (Phi) is 5.11. The first kappa shape index (κ1) is 13.7. The smallest absolute Gasteiger partial charge is 0.256 e. The molecule has 1 heterocycles. The van der Waals surface area contributed by atoms with Crippen LogP contribution in [0.15, 0.2) is 17.5 Å². The van der Waals surface area contributed by atoms with Crippen molar-refractivity contribution in [3.63, 3.8) is 0 Å². The summed E-state index contributed by atoms with van der Waals surface area (Å²) >= 11 is 1.51. The summed E-state index contributed by atoms with van der Waals surface area (Å²) in [6.45, 7) is 3.71. The third-order valence-electron chi connectivity index (χ3n) is 2.32.